The van der Waals surface area contributed by atoms with Crippen molar-refractivity contribution in [2.24, 2.45) is 0 Å². The zero-order valence-electron chi connectivity index (χ0n) is 13.9. The summed E-state index contributed by atoms with van der Waals surface area (Å²) < 4.78 is 101. The third kappa shape index (κ3) is 6.09. The molecule has 0 N–H and O–H groups in total. The predicted molar refractivity (Wildman–Crippen MR) is 86.2 cm³/mol. The number of hydrogen-bond donors (Lipinski definition) is 0. The molecular formula is C17H15F6O3P. The minimum Gasteiger partial charge on any atom is -0.291 e. The van der Waals surface area contributed by atoms with Crippen LogP contribution in [0.2, 0.25) is 0 Å². The first kappa shape index (κ1) is 21.5. The van der Waals surface area contributed by atoms with E-state index in [9.17, 15) is 30.9 Å². The molecule has 2 aromatic rings. The quantitative estimate of drug-likeness (QED) is 0.404. The number of alkyl halides is 6. The van der Waals surface area contributed by atoms with Gasteiger partial charge in [0.1, 0.15) is 0 Å². The van der Waals surface area contributed by atoms with Crippen LogP contribution in [0.3, 0.4) is 0 Å². The Morgan fingerprint density at radius 1 is 0.704 bits per heavy atom. The largest absolute Gasteiger partial charge is 0.419 e. The molecular weight excluding hydrogens is 397 g/mol. The van der Waals surface area contributed by atoms with Crippen LogP contribution in [0, 0.1) is 0 Å². The van der Waals surface area contributed by atoms with E-state index >= 15 is 0 Å². The number of benzene rings is 2. The maximum atomic E-state index is 13.3. The Morgan fingerprint density at radius 2 is 1.00 bits per heavy atom. The Bertz CT molecular complexity index is 713. The van der Waals surface area contributed by atoms with Gasteiger partial charge in [-0.15, -0.1) is 0 Å². The summed E-state index contributed by atoms with van der Waals surface area (Å²) in [6.07, 6.45) is -15.4. The van der Waals surface area contributed by atoms with Gasteiger partial charge < -0.3 is 0 Å². The molecule has 0 bridgehead atoms. The summed E-state index contributed by atoms with van der Waals surface area (Å²) in [5, 5.41) is 0. The zero-order valence-corrected chi connectivity index (χ0v) is 14.8. The molecule has 0 spiro atoms. The molecule has 0 aliphatic heterocycles. The van der Waals surface area contributed by atoms with E-state index < -0.39 is 43.3 Å². The van der Waals surface area contributed by atoms with Crippen LogP contribution in [0.25, 0.3) is 0 Å². The number of rotatable bonds is 6. The first-order chi connectivity index (χ1) is 12.4. The van der Waals surface area contributed by atoms with Gasteiger partial charge in [-0.25, -0.2) is 0 Å². The minimum atomic E-state index is -5.00. The molecule has 0 aliphatic rings. The van der Waals surface area contributed by atoms with Gasteiger partial charge in [0.25, 0.3) is 0 Å². The normalized spacial score (nSPS) is 15.4. The molecule has 3 nitrogen and oxygen atoms in total. The molecule has 2 aromatic carbocycles. The van der Waals surface area contributed by atoms with Crippen molar-refractivity contribution in [2.45, 2.75) is 24.6 Å². The summed E-state index contributed by atoms with van der Waals surface area (Å²) in [5.74, 6) is 0. The maximum Gasteiger partial charge on any atom is 0.419 e. The molecule has 0 radical (unpaired) electrons. The molecule has 0 unspecified atom stereocenters. The standard InChI is InChI=1S/C17H15F6O3P/c1-27(24,25-14(16(18,19)20)12-8-4-2-5-9-12)26-15(17(21,22)23)13-10-6-3-7-11-13/h2-11,14-15H,1H3/t14-,15-/m0/s1. The molecule has 27 heavy (non-hydrogen) atoms. The van der Waals surface area contributed by atoms with Crippen LogP contribution in [0.4, 0.5) is 26.3 Å². The SMILES string of the molecule is CP(=O)(O[C@@H](c1ccccc1)C(F)(F)F)O[C@@H](c1ccccc1)C(F)(F)F. The van der Waals surface area contributed by atoms with Crippen molar-refractivity contribution in [1.82, 2.24) is 0 Å². The van der Waals surface area contributed by atoms with Crippen molar-refractivity contribution >= 4 is 7.60 Å². The first-order valence-electron chi connectivity index (χ1n) is 7.58. The predicted octanol–water partition coefficient (Wildman–Crippen LogP) is 6.45. The van der Waals surface area contributed by atoms with E-state index in [-0.39, 0.29) is 0 Å². The molecule has 0 saturated heterocycles. The Morgan fingerprint density at radius 3 is 1.26 bits per heavy atom. The van der Waals surface area contributed by atoms with Crippen LogP contribution in [0.5, 0.6) is 0 Å². The Kier molecular flexibility index (Phi) is 6.39. The van der Waals surface area contributed by atoms with Gasteiger partial charge in [0, 0.05) is 6.66 Å². The lowest BCUT2D eigenvalue weighted by Crippen LogP contribution is -2.26. The van der Waals surface area contributed by atoms with E-state index in [0.29, 0.717) is 6.66 Å². The molecule has 148 valence electrons. The zero-order chi connectivity index (χ0) is 20.3. The lowest BCUT2D eigenvalue weighted by atomic mass is 10.1. The minimum absolute atomic E-state index is 0.404. The van der Waals surface area contributed by atoms with Crippen molar-refractivity contribution in [3.05, 3.63) is 71.8 Å². The molecule has 0 aromatic heterocycles. The van der Waals surface area contributed by atoms with Crippen molar-refractivity contribution in [3.63, 3.8) is 0 Å². The van der Waals surface area contributed by atoms with E-state index in [1.807, 2.05) is 0 Å². The molecule has 10 heteroatoms. The fraction of sp³-hybridized carbons (Fsp3) is 0.294. The van der Waals surface area contributed by atoms with E-state index in [0.717, 1.165) is 24.3 Å². The lowest BCUT2D eigenvalue weighted by molar-refractivity contribution is -0.213. The van der Waals surface area contributed by atoms with Crippen molar-refractivity contribution in [3.8, 4) is 0 Å². The summed E-state index contributed by atoms with van der Waals surface area (Å²) in [6, 6.07) is 12.3. The number of hydrogen-bond acceptors (Lipinski definition) is 3. The third-order valence-electron chi connectivity index (χ3n) is 3.39. The first-order valence-corrected chi connectivity index (χ1v) is 9.57. The Balaban J connectivity index is 2.31. The second-order valence-electron chi connectivity index (χ2n) is 5.65. The van der Waals surface area contributed by atoms with Crippen LogP contribution in [0.1, 0.15) is 23.3 Å². The van der Waals surface area contributed by atoms with E-state index in [1.54, 1.807) is 0 Å². The molecule has 0 fully saturated rings. The van der Waals surface area contributed by atoms with Crippen molar-refractivity contribution < 1.29 is 40.0 Å². The molecule has 0 saturated carbocycles. The van der Waals surface area contributed by atoms with Crippen LogP contribution >= 0.6 is 7.60 Å². The fourth-order valence-electron chi connectivity index (χ4n) is 2.28. The van der Waals surface area contributed by atoms with Gasteiger partial charge in [0.15, 0.2) is 12.2 Å². The van der Waals surface area contributed by atoms with Crippen LogP contribution in [0.15, 0.2) is 60.7 Å². The van der Waals surface area contributed by atoms with Crippen LogP contribution < -0.4 is 0 Å². The number of halogens is 6. The van der Waals surface area contributed by atoms with Crippen LogP contribution in [-0.2, 0) is 13.6 Å². The van der Waals surface area contributed by atoms with Gasteiger partial charge in [-0.1, -0.05) is 60.7 Å². The van der Waals surface area contributed by atoms with Gasteiger partial charge in [0.2, 0.25) is 0 Å². The average Bonchev–Trinajstić information content (AvgIpc) is 2.57. The summed E-state index contributed by atoms with van der Waals surface area (Å²) in [5.41, 5.74) is -0.808. The highest BCUT2D eigenvalue weighted by Gasteiger charge is 2.49. The summed E-state index contributed by atoms with van der Waals surface area (Å²) in [6.45, 7) is 0.580. The highest BCUT2D eigenvalue weighted by atomic mass is 31.2. The third-order valence-corrected chi connectivity index (χ3v) is 4.58. The molecule has 2 rings (SSSR count). The van der Waals surface area contributed by atoms with E-state index in [2.05, 4.69) is 9.05 Å². The van der Waals surface area contributed by atoms with Crippen molar-refractivity contribution in [1.29, 1.82) is 0 Å². The average molecular weight is 412 g/mol. The van der Waals surface area contributed by atoms with Crippen LogP contribution in [-0.4, -0.2) is 19.0 Å². The molecule has 0 aliphatic carbocycles. The monoisotopic (exact) mass is 412 g/mol. The van der Waals surface area contributed by atoms with Gasteiger partial charge in [-0.3, -0.25) is 13.6 Å². The second-order valence-corrected chi connectivity index (χ2v) is 7.61. The Hall–Kier alpha value is -1.83. The smallest absolute Gasteiger partial charge is 0.291 e. The lowest BCUT2D eigenvalue weighted by Gasteiger charge is -2.28. The molecule has 0 amide bonds. The maximum absolute atomic E-state index is 13.3. The van der Waals surface area contributed by atoms with Gasteiger partial charge in [-0.05, 0) is 11.1 Å². The van der Waals surface area contributed by atoms with E-state index in [4.69, 9.17) is 0 Å². The summed E-state index contributed by atoms with van der Waals surface area (Å²) in [7, 11) is -4.77. The van der Waals surface area contributed by atoms with Gasteiger partial charge in [0.05, 0.1) is 0 Å². The van der Waals surface area contributed by atoms with Gasteiger partial charge >= 0.3 is 19.9 Å². The fourth-order valence-corrected chi connectivity index (χ4v) is 3.58. The second kappa shape index (κ2) is 8.04. The summed E-state index contributed by atoms with van der Waals surface area (Å²) in [4.78, 5) is 0. The topological polar surface area (TPSA) is 35.5 Å². The van der Waals surface area contributed by atoms with Gasteiger partial charge in [-0.2, -0.15) is 26.3 Å². The van der Waals surface area contributed by atoms with Crippen molar-refractivity contribution in [2.75, 3.05) is 6.66 Å². The highest BCUT2D eigenvalue weighted by Crippen LogP contribution is 2.57. The van der Waals surface area contributed by atoms with E-state index in [1.165, 1.54) is 36.4 Å². The Labute approximate surface area is 151 Å². The highest BCUT2D eigenvalue weighted by molar-refractivity contribution is 7.53. The molecule has 2 atom stereocenters. The molecule has 0 heterocycles. The summed E-state index contributed by atoms with van der Waals surface area (Å²) >= 11 is 0.